The van der Waals surface area contributed by atoms with E-state index in [0.717, 1.165) is 37.4 Å². The summed E-state index contributed by atoms with van der Waals surface area (Å²) < 4.78 is 7.61. The highest BCUT2D eigenvalue weighted by molar-refractivity contribution is 5.51. The normalized spacial score (nSPS) is 18.8. The van der Waals surface area contributed by atoms with Gasteiger partial charge in [0.05, 0.1) is 5.69 Å². The second-order valence-electron chi connectivity index (χ2n) is 5.62. The lowest BCUT2D eigenvalue weighted by atomic mass is 10.1. The molecule has 1 unspecified atom stereocenters. The minimum absolute atomic E-state index is 0.275. The summed E-state index contributed by atoms with van der Waals surface area (Å²) in [5.41, 5.74) is 8.17. The van der Waals surface area contributed by atoms with Gasteiger partial charge < -0.3 is 15.4 Å². The molecule has 5 heteroatoms. The van der Waals surface area contributed by atoms with E-state index >= 15 is 0 Å². The van der Waals surface area contributed by atoms with Gasteiger partial charge in [0.15, 0.2) is 0 Å². The number of piperidine rings is 1. The lowest BCUT2D eigenvalue weighted by molar-refractivity contribution is 0.300. The number of hydrogen-bond acceptors (Lipinski definition) is 4. The van der Waals surface area contributed by atoms with Crippen LogP contribution in [0.1, 0.15) is 18.5 Å². The summed E-state index contributed by atoms with van der Waals surface area (Å²) in [6, 6.07) is 10.5. The Bertz CT molecular complexity index is 595. The maximum Gasteiger partial charge on any atom is 0.132 e. The van der Waals surface area contributed by atoms with Gasteiger partial charge in [-0.3, -0.25) is 4.68 Å². The van der Waals surface area contributed by atoms with E-state index in [2.05, 4.69) is 22.1 Å². The van der Waals surface area contributed by atoms with Crippen LogP contribution in [0, 0.1) is 0 Å². The molecule has 21 heavy (non-hydrogen) atoms. The highest BCUT2D eigenvalue weighted by Gasteiger charge is 2.17. The van der Waals surface area contributed by atoms with Crippen LogP contribution in [0.25, 0.3) is 0 Å². The molecule has 0 spiro atoms. The van der Waals surface area contributed by atoms with Crippen LogP contribution in [0.4, 0.5) is 5.69 Å². The van der Waals surface area contributed by atoms with Gasteiger partial charge in [-0.1, -0.05) is 6.07 Å². The van der Waals surface area contributed by atoms with Crippen LogP contribution in [-0.2, 0) is 13.7 Å². The second kappa shape index (κ2) is 6.18. The minimum atomic E-state index is 0.275. The number of aryl methyl sites for hydroxylation is 1. The summed E-state index contributed by atoms with van der Waals surface area (Å²) in [5, 5.41) is 4.31. The third-order valence-corrected chi connectivity index (χ3v) is 3.80. The molecular weight excluding hydrogens is 264 g/mol. The van der Waals surface area contributed by atoms with Gasteiger partial charge in [-0.2, -0.15) is 5.10 Å². The minimum Gasteiger partial charge on any atom is -0.487 e. The second-order valence-corrected chi connectivity index (χ2v) is 5.62. The molecule has 1 aliphatic rings. The molecule has 2 N–H and O–H groups in total. The Morgan fingerprint density at radius 3 is 3.05 bits per heavy atom. The van der Waals surface area contributed by atoms with Crippen molar-refractivity contribution >= 4 is 5.69 Å². The van der Waals surface area contributed by atoms with Crippen LogP contribution in [0.15, 0.2) is 36.5 Å². The van der Waals surface area contributed by atoms with E-state index in [1.165, 1.54) is 5.69 Å². The van der Waals surface area contributed by atoms with Crippen molar-refractivity contribution in [3.63, 3.8) is 0 Å². The maximum absolute atomic E-state index is 6.05. The van der Waals surface area contributed by atoms with Crippen LogP contribution in [0.5, 0.6) is 5.75 Å². The molecule has 1 aromatic carbocycles. The number of hydrogen-bond donors (Lipinski definition) is 1. The van der Waals surface area contributed by atoms with Crippen LogP contribution >= 0.6 is 0 Å². The van der Waals surface area contributed by atoms with Crippen molar-refractivity contribution < 1.29 is 4.74 Å². The lowest BCUT2D eigenvalue weighted by Crippen LogP contribution is -2.42. The Hall–Kier alpha value is -2.01. The molecule has 1 aliphatic heterocycles. The predicted molar refractivity (Wildman–Crippen MR) is 83.4 cm³/mol. The fourth-order valence-corrected chi connectivity index (χ4v) is 2.71. The number of aromatic nitrogens is 2. The fraction of sp³-hybridized carbons (Fsp3) is 0.438. The number of anilines is 1. The molecule has 3 rings (SSSR count). The molecule has 0 aliphatic carbocycles. The van der Waals surface area contributed by atoms with E-state index in [1.807, 2.05) is 31.4 Å². The number of nitrogens with zero attached hydrogens (tertiary/aromatic N) is 3. The molecule has 2 heterocycles. The van der Waals surface area contributed by atoms with E-state index in [4.69, 9.17) is 10.5 Å². The molecule has 2 aromatic rings. The summed E-state index contributed by atoms with van der Waals surface area (Å²) in [6.07, 6.45) is 4.19. The number of benzene rings is 1. The third-order valence-electron chi connectivity index (χ3n) is 3.80. The van der Waals surface area contributed by atoms with Crippen molar-refractivity contribution in [2.75, 3.05) is 18.0 Å². The average Bonchev–Trinajstić information content (AvgIpc) is 2.91. The predicted octanol–water partition coefficient (Wildman–Crippen LogP) is 1.93. The first-order valence-electron chi connectivity index (χ1n) is 7.42. The van der Waals surface area contributed by atoms with Crippen molar-refractivity contribution in [3.8, 4) is 5.75 Å². The monoisotopic (exact) mass is 286 g/mol. The highest BCUT2D eigenvalue weighted by atomic mass is 16.5. The fourth-order valence-electron chi connectivity index (χ4n) is 2.71. The summed E-state index contributed by atoms with van der Waals surface area (Å²) in [4.78, 5) is 2.34. The Balaban J connectivity index is 1.65. The van der Waals surface area contributed by atoms with Gasteiger partial charge in [0.2, 0.25) is 0 Å². The average molecular weight is 286 g/mol. The van der Waals surface area contributed by atoms with Gasteiger partial charge >= 0.3 is 0 Å². The van der Waals surface area contributed by atoms with E-state index in [1.54, 1.807) is 4.68 Å². The van der Waals surface area contributed by atoms with Crippen LogP contribution in [-0.4, -0.2) is 28.9 Å². The first-order chi connectivity index (χ1) is 10.2. The van der Waals surface area contributed by atoms with Crippen LogP contribution < -0.4 is 15.4 Å². The lowest BCUT2D eigenvalue weighted by Gasteiger charge is -2.32. The molecule has 0 saturated carbocycles. The van der Waals surface area contributed by atoms with Crippen molar-refractivity contribution in [2.24, 2.45) is 12.8 Å². The Morgan fingerprint density at radius 2 is 2.29 bits per heavy atom. The van der Waals surface area contributed by atoms with Gasteiger partial charge in [-0.05, 0) is 31.0 Å². The van der Waals surface area contributed by atoms with Gasteiger partial charge in [-0.15, -0.1) is 0 Å². The zero-order chi connectivity index (χ0) is 14.7. The van der Waals surface area contributed by atoms with Gasteiger partial charge in [0.25, 0.3) is 0 Å². The molecule has 1 aromatic heterocycles. The van der Waals surface area contributed by atoms with Crippen LogP contribution in [0.3, 0.4) is 0 Å². The quantitative estimate of drug-likeness (QED) is 0.933. The van der Waals surface area contributed by atoms with E-state index < -0.39 is 0 Å². The van der Waals surface area contributed by atoms with Crippen molar-refractivity contribution in [1.29, 1.82) is 0 Å². The summed E-state index contributed by atoms with van der Waals surface area (Å²) in [7, 11) is 1.91. The number of ether oxygens (including phenoxy) is 1. The van der Waals surface area contributed by atoms with E-state index in [9.17, 15) is 0 Å². The molecule has 1 fully saturated rings. The molecule has 0 bridgehead atoms. The zero-order valence-corrected chi connectivity index (χ0v) is 12.4. The van der Waals surface area contributed by atoms with Gasteiger partial charge in [0, 0.05) is 44.1 Å². The molecule has 1 atom stereocenters. The SMILES string of the molecule is Cn1ccc(COc2cccc(N3CCCC(N)C3)c2)n1. The van der Waals surface area contributed by atoms with E-state index in [-0.39, 0.29) is 6.04 Å². The highest BCUT2D eigenvalue weighted by Crippen LogP contribution is 2.24. The first kappa shape index (κ1) is 13.9. The molecule has 0 radical (unpaired) electrons. The summed E-state index contributed by atoms with van der Waals surface area (Å²) >= 11 is 0. The smallest absolute Gasteiger partial charge is 0.132 e. The maximum atomic E-state index is 6.05. The van der Waals surface area contributed by atoms with Crippen LogP contribution in [0.2, 0.25) is 0 Å². The molecule has 0 amide bonds. The molecule has 112 valence electrons. The Kier molecular flexibility index (Phi) is 4.10. The van der Waals surface area contributed by atoms with Crippen molar-refractivity contribution in [3.05, 3.63) is 42.2 Å². The van der Waals surface area contributed by atoms with Crippen molar-refractivity contribution in [1.82, 2.24) is 9.78 Å². The third kappa shape index (κ3) is 3.55. The van der Waals surface area contributed by atoms with Crippen molar-refractivity contribution in [2.45, 2.75) is 25.5 Å². The molecular formula is C16H22N4O. The zero-order valence-electron chi connectivity index (χ0n) is 12.4. The summed E-state index contributed by atoms with van der Waals surface area (Å²) in [6.45, 7) is 2.48. The van der Waals surface area contributed by atoms with Gasteiger partial charge in [0.1, 0.15) is 12.4 Å². The standard InChI is InChI=1S/C16H22N4O/c1-19-9-7-14(18-19)12-21-16-6-2-5-15(10-16)20-8-3-4-13(17)11-20/h2,5-7,9-10,13H,3-4,8,11-12,17H2,1H3. The topological polar surface area (TPSA) is 56.3 Å². The Morgan fingerprint density at radius 1 is 1.38 bits per heavy atom. The van der Waals surface area contributed by atoms with Gasteiger partial charge in [-0.25, -0.2) is 0 Å². The first-order valence-corrected chi connectivity index (χ1v) is 7.42. The summed E-state index contributed by atoms with van der Waals surface area (Å²) in [5.74, 6) is 0.872. The molecule has 1 saturated heterocycles. The largest absolute Gasteiger partial charge is 0.487 e. The Labute approximate surface area is 125 Å². The number of rotatable bonds is 4. The number of nitrogens with two attached hydrogens (primary N) is 1. The van der Waals surface area contributed by atoms with E-state index in [0.29, 0.717) is 6.61 Å². The molecule has 5 nitrogen and oxygen atoms in total.